The summed E-state index contributed by atoms with van der Waals surface area (Å²) >= 11 is 0. The topological polar surface area (TPSA) is 80.4 Å². The molecule has 1 aromatic rings. The van der Waals surface area contributed by atoms with Gasteiger partial charge in [-0.05, 0) is 12.0 Å². The Morgan fingerprint density at radius 2 is 1.87 bits per heavy atom. The monoisotopic (exact) mass is 229 g/mol. The molecule has 4 nitrogen and oxygen atoms in total. The smallest absolute Gasteiger partial charge is 0.273 e. The van der Waals surface area contributed by atoms with Crippen molar-refractivity contribution in [3.8, 4) is 0 Å². The van der Waals surface area contributed by atoms with Crippen molar-refractivity contribution in [2.45, 2.75) is 24.6 Å². The molecule has 84 valence electrons. The Morgan fingerprint density at radius 1 is 1.33 bits per heavy atom. The van der Waals surface area contributed by atoms with Crippen molar-refractivity contribution in [1.82, 2.24) is 0 Å². The van der Waals surface area contributed by atoms with Crippen LogP contribution in [0.2, 0.25) is 0 Å². The van der Waals surface area contributed by atoms with Crippen LogP contribution in [0.25, 0.3) is 0 Å². The molecule has 0 amide bonds. The van der Waals surface area contributed by atoms with E-state index in [1.54, 1.807) is 37.3 Å². The van der Waals surface area contributed by atoms with Crippen molar-refractivity contribution in [2.75, 3.05) is 0 Å². The Labute approximate surface area is 89.9 Å². The third-order valence-corrected chi connectivity index (χ3v) is 3.57. The molecule has 5 heteroatoms. The first-order chi connectivity index (χ1) is 6.96. The lowest BCUT2D eigenvalue weighted by atomic mass is 10.0. The van der Waals surface area contributed by atoms with Crippen LogP contribution in [-0.4, -0.2) is 19.0 Å². The second-order valence-corrected chi connectivity index (χ2v) is 4.96. The summed E-state index contributed by atoms with van der Waals surface area (Å²) in [7, 11) is -4.15. The van der Waals surface area contributed by atoms with Gasteiger partial charge in [0, 0.05) is 6.04 Å². The van der Waals surface area contributed by atoms with Gasteiger partial charge in [-0.15, -0.1) is 0 Å². The summed E-state index contributed by atoms with van der Waals surface area (Å²) in [5.74, 6) is 0. The van der Waals surface area contributed by atoms with E-state index in [0.29, 0.717) is 12.0 Å². The van der Waals surface area contributed by atoms with Crippen LogP contribution in [0.15, 0.2) is 30.3 Å². The maximum atomic E-state index is 11.2. The Hall–Kier alpha value is -0.910. The third-order valence-electron chi connectivity index (χ3n) is 2.31. The normalized spacial score (nSPS) is 15.9. The van der Waals surface area contributed by atoms with Crippen LogP contribution in [0, 0.1) is 0 Å². The molecule has 0 saturated carbocycles. The number of hydrogen-bond acceptors (Lipinski definition) is 3. The molecule has 0 aliphatic rings. The van der Waals surface area contributed by atoms with Gasteiger partial charge in [0.15, 0.2) is 0 Å². The largest absolute Gasteiger partial charge is 0.326 e. The zero-order valence-electron chi connectivity index (χ0n) is 8.50. The van der Waals surface area contributed by atoms with E-state index in [-0.39, 0.29) is 0 Å². The summed E-state index contributed by atoms with van der Waals surface area (Å²) in [5, 5.41) is -1.04. The minimum absolute atomic E-state index is 0.485. The molecule has 0 aliphatic carbocycles. The van der Waals surface area contributed by atoms with Crippen molar-refractivity contribution in [3.05, 3.63) is 35.9 Å². The molecule has 1 aromatic carbocycles. The van der Waals surface area contributed by atoms with E-state index in [4.69, 9.17) is 10.3 Å². The Bertz CT molecular complexity index is 402. The molecule has 3 N–H and O–H groups in total. The summed E-state index contributed by atoms with van der Waals surface area (Å²) in [6.45, 7) is 1.78. The molecule has 1 rings (SSSR count). The molecule has 0 aliphatic heterocycles. The fourth-order valence-corrected chi connectivity index (χ4v) is 2.63. The summed E-state index contributed by atoms with van der Waals surface area (Å²) in [6, 6.07) is 7.91. The first-order valence-corrected chi connectivity index (χ1v) is 6.24. The second kappa shape index (κ2) is 4.74. The van der Waals surface area contributed by atoms with Crippen molar-refractivity contribution in [1.29, 1.82) is 0 Å². The van der Waals surface area contributed by atoms with E-state index in [0.717, 1.165) is 0 Å². The lowest BCUT2D eigenvalue weighted by Crippen LogP contribution is -2.32. The van der Waals surface area contributed by atoms with E-state index < -0.39 is 21.4 Å². The number of rotatable bonds is 4. The van der Waals surface area contributed by atoms with Gasteiger partial charge in [0.05, 0.1) is 0 Å². The maximum absolute atomic E-state index is 11.2. The molecule has 0 spiro atoms. The molecular weight excluding hydrogens is 214 g/mol. The molecule has 0 radical (unpaired) electrons. The zero-order chi connectivity index (χ0) is 11.5. The van der Waals surface area contributed by atoms with Gasteiger partial charge in [0.25, 0.3) is 10.1 Å². The second-order valence-electron chi connectivity index (χ2n) is 3.42. The standard InChI is InChI=1S/C10H15NO3S/c1-2-9(11)10(15(12,13)14)8-6-4-3-5-7-8/h3-7,9-10H,2,11H2,1H3,(H,12,13,14)/t9-,10+/m1/s1. The van der Waals surface area contributed by atoms with Gasteiger partial charge in [-0.3, -0.25) is 4.55 Å². The van der Waals surface area contributed by atoms with Gasteiger partial charge >= 0.3 is 0 Å². The predicted octanol–water partition coefficient (Wildman–Crippen LogP) is 1.35. The first kappa shape index (κ1) is 12.2. The van der Waals surface area contributed by atoms with Crippen molar-refractivity contribution >= 4 is 10.1 Å². The molecule has 0 fully saturated rings. The lowest BCUT2D eigenvalue weighted by Gasteiger charge is -2.20. The minimum Gasteiger partial charge on any atom is -0.326 e. The van der Waals surface area contributed by atoms with Crippen LogP contribution in [0.5, 0.6) is 0 Å². The fourth-order valence-electron chi connectivity index (χ4n) is 1.50. The highest BCUT2D eigenvalue weighted by Crippen LogP contribution is 2.25. The first-order valence-electron chi connectivity index (χ1n) is 4.73. The van der Waals surface area contributed by atoms with Gasteiger partial charge < -0.3 is 5.73 Å². The van der Waals surface area contributed by atoms with Crippen LogP contribution in [0.1, 0.15) is 24.2 Å². The molecule has 0 aromatic heterocycles. The molecular formula is C10H15NO3S. The molecule has 2 atom stereocenters. The lowest BCUT2D eigenvalue weighted by molar-refractivity contribution is 0.451. The zero-order valence-corrected chi connectivity index (χ0v) is 9.31. The van der Waals surface area contributed by atoms with E-state index in [2.05, 4.69) is 0 Å². The van der Waals surface area contributed by atoms with E-state index in [1.807, 2.05) is 0 Å². The molecule has 0 bridgehead atoms. The fraction of sp³-hybridized carbons (Fsp3) is 0.400. The van der Waals surface area contributed by atoms with E-state index >= 15 is 0 Å². The van der Waals surface area contributed by atoms with Crippen LogP contribution < -0.4 is 5.73 Å². The highest BCUT2D eigenvalue weighted by Gasteiger charge is 2.30. The molecule has 0 saturated heterocycles. The average molecular weight is 229 g/mol. The third kappa shape index (κ3) is 3.02. The van der Waals surface area contributed by atoms with Crippen LogP contribution in [0.4, 0.5) is 0 Å². The maximum Gasteiger partial charge on any atom is 0.273 e. The summed E-state index contributed by atoms with van der Waals surface area (Å²) in [4.78, 5) is 0. The Morgan fingerprint density at radius 3 is 2.27 bits per heavy atom. The predicted molar refractivity (Wildman–Crippen MR) is 59.0 cm³/mol. The van der Waals surface area contributed by atoms with Gasteiger partial charge in [0.1, 0.15) is 5.25 Å². The van der Waals surface area contributed by atoms with Crippen molar-refractivity contribution in [3.63, 3.8) is 0 Å². The molecule has 0 heterocycles. The number of benzene rings is 1. The Kier molecular flexibility index (Phi) is 3.84. The Balaban J connectivity index is 3.14. The van der Waals surface area contributed by atoms with Crippen molar-refractivity contribution in [2.24, 2.45) is 5.73 Å². The summed E-state index contributed by atoms with van der Waals surface area (Å²) in [6.07, 6.45) is 0.485. The van der Waals surface area contributed by atoms with Crippen LogP contribution in [0.3, 0.4) is 0 Å². The SMILES string of the molecule is CC[C@@H](N)[C@H](c1ccccc1)S(=O)(=O)O. The van der Waals surface area contributed by atoms with Gasteiger partial charge in [-0.1, -0.05) is 37.3 Å². The van der Waals surface area contributed by atoms with Crippen LogP contribution in [-0.2, 0) is 10.1 Å². The van der Waals surface area contributed by atoms with Gasteiger partial charge in [0.2, 0.25) is 0 Å². The molecule has 15 heavy (non-hydrogen) atoms. The number of nitrogens with two attached hydrogens (primary N) is 1. The van der Waals surface area contributed by atoms with Gasteiger partial charge in [-0.2, -0.15) is 8.42 Å². The summed E-state index contributed by atoms with van der Waals surface area (Å²) in [5.41, 5.74) is 6.22. The van der Waals surface area contributed by atoms with E-state index in [9.17, 15) is 8.42 Å². The van der Waals surface area contributed by atoms with E-state index in [1.165, 1.54) is 0 Å². The highest BCUT2D eigenvalue weighted by molar-refractivity contribution is 7.86. The van der Waals surface area contributed by atoms with Crippen molar-refractivity contribution < 1.29 is 13.0 Å². The quantitative estimate of drug-likeness (QED) is 0.764. The highest BCUT2D eigenvalue weighted by atomic mass is 32.2. The minimum atomic E-state index is -4.15. The van der Waals surface area contributed by atoms with Gasteiger partial charge in [-0.25, -0.2) is 0 Å². The van der Waals surface area contributed by atoms with Crippen LogP contribution >= 0.6 is 0 Å². The average Bonchev–Trinajstić information content (AvgIpc) is 2.17. The molecule has 0 unspecified atom stereocenters. The summed E-state index contributed by atoms with van der Waals surface area (Å²) < 4.78 is 31.5. The number of hydrogen-bond donors (Lipinski definition) is 2.